The molecular weight excluding hydrogens is 384 g/mol. The highest BCUT2D eigenvalue weighted by Gasteiger charge is 2.14. The van der Waals surface area contributed by atoms with Crippen molar-refractivity contribution < 1.29 is 14.0 Å². The molecule has 1 heterocycles. The first-order valence-corrected chi connectivity index (χ1v) is 9.06. The molecule has 25 heavy (non-hydrogen) atoms. The molecule has 1 aromatic heterocycles. The van der Waals surface area contributed by atoms with Gasteiger partial charge in [0.2, 0.25) is 5.91 Å². The predicted octanol–water partition coefficient (Wildman–Crippen LogP) is 3.85. The lowest BCUT2D eigenvalue weighted by Crippen LogP contribution is -2.37. The lowest BCUT2D eigenvalue weighted by molar-refractivity contribution is -0.120. The summed E-state index contributed by atoms with van der Waals surface area (Å²) in [6, 6.07) is 11.3. The molecular formula is C19H23BrN2O3. The van der Waals surface area contributed by atoms with Crippen molar-refractivity contribution in [1.82, 2.24) is 10.6 Å². The molecule has 0 aliphatic heterocycles. The Balaban J connectivity index is 1.82. The minimum Gasteiger partial charge on any atom is -0.444 e. The molecule has 1 atom stereocenters. The van der Waals surface area contributed by atoms with E-state index in [4.69, 9.17) is 4.42 Å². The quantitative estimate of drug-likeness (QED) is 0.733. The molecule has 2 amide bonds. The van der Waals surface area contributed by atoms with Gasteiger partial charge in [0.25, 0.3) is 5.91 Å². The minimum absolute atomic E-state index is 0.104. The van der Waals surface area contributed by atoms with Gasteiger partial charge >= 0.3 is 0 Å². The number of furan rings is 1. The van der Waals surface area contributed by atoms with Gasteiger partial charge in [0.05, 0.1) is 12.6 Å². The molecule has 5 nitrogen and oxygen atoms in total. The van der Waals surface area contributed by atoms with Crippen LogP contribution in [0.4, 0.5) is 0 Å². The molecule has 0 saturated carbocycles. The number of nitrogens with one attached hydrogen (secondary N) is 2. The zero-order chi connectivity index (χ0) is 18.4. The molecule has 134 valence electrons. The van der Waals surface area contributed by atoms with Crippen molar-refractivity contribution in [2.75, 3.05) is 6.54 Å². The average molecular weight is 407 g/mol. The average Bonchev–Trinajstić information content (AvgIpc) is 2.99. The monoisotopic (exact) mass is 406 g/mol. The summed E-state index contributed by atoms with van der Waals surface area (Å²) in [7, 11) is 0. The van der Waals surface area contributed by atoms with Crippen LogP contribution in [-0.4, -0.2) is 18.4 Å². The molecule has 2 aromatic rings. The standard InChI is InChI=1S/C19H23BrN2O3/c1-12(2)10-14-4-6-15(7-5-14)13(3)22-18(23)11-21-19(24)16-8-9-17(20)25-16/h4-9,12-13H,10-11H2,1-3H3,(H,21,24)(H,22,23). The molecule has 2 N–H and O–H groups in total. The van der Waals surface area contributed by atoms with E-state index in [-0.39, 0.29) is 24.3 Å². The molecule has 1 unspecified atom stereocenters. The van der Waals surface area contributed by atoms with Crippen molar-refractivity contribution >= 4 is 27.7 Å². The topological polar surface area (TPSA) is 71.3 Å². The fraction of sp³-hybridized carbons (Fsp3) is 0.368. The van der Waals surface area contributed by atoms with Crippen LogP contribution in [0.25, 0.3) is 0 Å². The Labute approximate surface area is 156 Å². The molecule has 6 heteroatoms. The zero-order valence-electron chi connectivity index (χ0n) is 14.6. The van der Waals surface area contributed by atoms with E-state index in [1.54, 1.807) is 12.1 Å². The number of rotatable bonds is 7. The van der Waals surface area contributed by atoms with Gasteiger partial charge in [0.15, 0.2) is 10.4 Å². The van der Waals surface area contributed by atoms with Crippen molar-refractivity contribution in [2.45, 2.75) is 33.2 Å². The maximum absolute atomic E-state index is 12.0. The van der Waals surface area contributed by atoms with Gasteiger partial charge in [0.1, 0.15) is 0 Å². The van der Waals surface area contributed by atoms with Gasteiger partial charge in [-0.3, -0.25) is 9.59 Å². The Bertz CT molecular complexity index is 723. The fourth-order valence-corrected chi connectivity index (χ4v) is 2.78. The first-order valence-electron chi connectivity index (χ1n) is 8.27. The Morgan fingerprint density at radius 1 is 1.08 bits per heavy atom. The smallest absolute Gasteiger partial charge is 0.287 e. The van der Waals surface area contributed by atoms with Crippen LogP contribution in [0, 0.1) is 5.92 Å². The van der Waals surface area contributed by atoms with Crippen molar-refractivity contribution in [1.29, 1.82) is 0 Å². The predicted molar refractivity (Wildman–Crippen MR) is 100 cm³/mol. The Morgan fingerprint density at radius 2 is 1.76 bits per heavy atom. The van der Waals surface area contributed by atoms with Crippen LogP contribution in [0.5, 0.6) is 0 Å². The molecule has 0 aliphatic carbocycles. The highest BCUT2D eigenvalue weighted by molar-refractivity contribution is 9.10. The lowest BCUT2D eigenvalue weighted by Gasteiger charge is -2.15. The summed E-state index contributed by atoms with van der Waals surface area (Å²) in [5.74, 6) is 0.0964. The summed E-state index contributed by atoms with van der Waals surface area (Å²) in [5, 5.41) is 5.41. The highest BCUT2D eigenvalue weighted by atomic mass is 79.9. The molecule has 2 rings (SSSR count). The summed E-state index contributed by atoms with van der Waals surface area (Å²) in [5.41, 5.74) is 2.32. The van der Waals surface area contributed by atoms with Crippen molar-refractivity contribution in [3.63, 3.8) is 0 Å². The minimum atomic E-state index is -0.424. The highest BCUT2D eigenvalue weighted by Crippen LogP contribution is 2.16. The van der Waals surface area contributed by atoms with E-state index < -0.39 is 5.91 Å². The van der Waals surface area contributed by atoms with E-state index in [1.807, 2.05) is 19.1 Å². The molecule has 0 aliphatic rings. The molecule has 1 aromatic carbocycles. The zero-order valence-corrected chi connectivity index (χ0v) is 16.2. The number of amides is 2. The maximum atomic E-state index is 12.0. The number of halogens is 1. The summed E-state index contributed by atoms with van der Waals surface area (Å²) >= 11 is 3.13. The van der Waals surface area contributed by atoms with Gasteiger partial charge < -0.3 is 15.1 Å². The third-order valence-electron chi connectivity index (χ3n) is 3.71. The van der Waals surface area contributed by atoms with Gasteiger partial charge in [-0.1, -0.05) is 38.1 Å². The van der Waals surface area contributed by atoms with Crippen molar-refractivity contribution in [2.24, 2.45) is 5.92 Å². The normalized spacial score (nSPS) is 12.0. The maximum Gasteiger partial charge on any atom is 0.287 e. The number of carbonyl (C=O) groups is 2. The van der Waals surface area contributed by atoms with Gasteiger partial charge in [-0.2, -0.15) is 0 Å². The van der Waals surface area contributed by atoms with Gasteiger partial charge in [-0.25, -0.2) is 0 Å². The third-order valence-corrected chi connectivity index (χ3v) is 4.13. The largest absolute Gasteiger partial charge is 0.444 e. The van der Waals surface area contributed by atoms with Crippen LogP contribution >= 0.6 is 15.9 Å². The van der Waals surface area contributed by atoms with Gasteiger partial charge in [-0.15, -0.1) is 0 Å². The number of hydrogen-bond acceptors (Lipinski definition) is 3. The Morgan fingerprint density at radius 3 is 2.32 bits per heavy atom. The second-order valence-electron chi connectivity index (χ2n) is 6.42. The van der Waals surface area contributed by atoms with E-state index in [2.05, 4.69) is 52.5 Å². The summed E-state index contributed by atoms with van der Waals surface area (Å²) in [6.45, 7) is 6.19. The summed E-state index contributed by atoms with van der Waals surface area (Å²) < 4.78 is 5.61. The van der Waals surface area contributed by atoms with E-state index in [0.717, 1.165) is 12.0 Å². The Hall–Kier alpha value is -2.08. The molecule has 0 bridgehead atoms. The van der Waals surface area contributed by atoms with E-state index in [0.29, 0.717) is 10.6 Å². The molecule has 0 radical (unpaired) electrons. The fourth-order valence-electron chi connectivity index (χ4n) is 2.47. The third kappa shape index (κ3) is 6.05. The number of carbonyl (C=O) groups excluding carboxylic acids is 2. The van der Waals surface area contributed by atoms with Gasteiger partial charge in [0, 0.05) is 0 Å². The van der Waals surface area contributed by atoms with E-state index in [1.165, 1.54) is 5.56 Å². The second-order valence-corrected chi connectivity index (χ2v) is 7.20. The molecule has 0 saturated heterocycles. The second kappa shape index (κ2) is 8.85. The van der Waals surface area contributed by atoms with Crippen LogP contribution < -0.4 is 10.6 Å². The number of benzene rings is 1. The van der Waals surface area contributed by atoms with E-state index >= 15 is 0 Å². The van der Waals surface area contributed by atoms with Crippen LogP contribution in [0.2, 0.25) is 0 Å². The Kier molecular flexibility index (Phi) is 6.82. The lowest BCUT2D eigenvalue weighted by atomic mass is 10.00. The van der Waals surface area contributed by atoms with Crippen LogP contribution in [0.3, 0.4) is 0 Å². The molecule has 0 spiro atoms. The summed E-state index contributed by atoms with van der Waals surface area (Å²) in [4.78, 5) is 23.9. The van der Waals surface area contributed by atoms with Crippen LogP contribution in [0.15, 0.2) is 45.5 Å². The number of hydrogen-bond donors (Lipinski definition) is 2. The first-order chi connectivity index (χ1) is 11.8. The van der Waals surface area contributed by atoms with Crippen LogP contribution in [0.1, 0.15) is 48.5 Å². The van der Waals surface area contributed by atoms with Crippen molar-refractivity contribution in [3.05, 3.63) is 58.0 Å². The van der Waals surface area contributed by atoms with E-state index in [9.17, 15) is 9.59 Å². The van der Waals surface area contributed by atoms with Gasteiger partial charge in [-0.05, 0) is 58.5 Å². The SMILES string of the molecule is CC(C)Cc1ccc(C(C)NC(=O)CNC(=O)c2ccc(Br)o2)cc1. The molecule has 0 fully saturated rings. The van der Waals surface area contributed by atoms with Crippen molar-refractivity contribution in [3.8, 4) is 0 Å². The first kappa shape index (κ1) is 19.2. The van der Waals surface area contributed by atoms with Crippen LogP contribution in [-0.2, 0) is 11.2 Å². The summed E-state index contributed by atoms with van der Waals surface area (Å²) in [6.07, 6.45) is 1.04.